The first kappa shape index (κ1) is 8.40. The maximum atomic E-state index is 8.35. The second-order valence-electron chi connectivity index (χ2n) is 3.56. The zero-order chi connectivity index (χ0) is 13.0. The van der Waals surface area contributed by atoms with Crippen molar-refractivity contribution in [3.05, 3.63) is 66.2 Å². The fraction of sp³-hybridized carbons (Fsp3) is 0.200. The molecule has 0 aliphatic heterocycles. The molecular formula is C15H17N. The van der Waals surface area contributed by atoms with Crippen LogP contribution in [0, 0.1) is 0 Å². The maximum absolute atomic E-state index is 8.35. The van der Waals surface area contributed by atoms with Gasteiger partial charge in [0.2, 0.25) is 0 Å². The average Bonchev–Trinajstić information content (AvgIpc) is 2.41. The number of nitrogens with zero attached hydrogens (tertiary/aromatic N) is 1. The van der Waals surface area contributed by atoms with Gasteiger partial charge in [0.05, 0.1) is 2.74 Å². The molecule has 0 spiro atoms. The summed E-state index contributed by atoms with van der Waals surface area (Å²) in [5.74, 6) is 0. The van der Waals surface area contributed by atoms with Gasteiger partial charge in [0.15, 0.2) is 0 Å². The Bertz CT molecular complexity index is 482. The molecule has 0 radical (unpaired) electrons. The summed E-state index contributed by atoms with van der Waals surface area (Å²) in [7, 11) is 0. The second-order valence-corrected chi connectivity index (χ2v) is 3.56. The van der Waals surface area contributed by atoms with Crippen molar-refractivity contribution in [3.8, 4) is 0 Å². The highest BCUT2D eigenvalue weighted by Gasteiger charge is 2.03. The van der Waals surface area contributed by atoms with E-state index in [0.29, 0.717) is 12.1 Å². The van der Waals surface area contributed by atoms with E-state index in [0.717, 1.165) is 5.69 Å². The minimum atomic E-state index is -1.50. The summed E-state index contributed by atoms with van der Waals surface area (Å²) in [5.41, 5.74) is 1.57. The third-order valence-corrected chi connectivity index (χ3v) is 2.42. The zero-order valence-electron chi connectivity index (χ0n) is 11.4. The SMILES string of the molecule is [2H]C([2H])(c1ccccc1)N(CC)c1ccccc1. The van der Waals surface area contributed by atoms with Gasteiger partial charge in [-0.1, -0.05) is 48.5 Å². The smallest absolute Gasteiger partial charge is 0.0544 e. The second kappa shape index (κ2) is 5.36. The van der Waals surface area contributed by atoms with Crippen LogP contribution in [0.1, 0.15) is 15.2 Å². The molecular weight excluding hydrogens is 194 g/mol. The van der Waals surface area contributed by atoms with Crippen LogP contribution < -0.4 is 4.90 Å². The highest BCUT2D eigenvalue weighted by Crippen LogP contribution is 2.15. The Morgan fingerprint density at radius 1 is 0.938 bits per heavy atom. The Morgan fingerprint density at radius 2 is 1.50 bits per heavy atom. The van der Waals surface area contributed by atoms with E-state index in [-0.39, 0.29) is 0 Å². The lowest BCUT2D eigenvalue weighted by Gasteiger charge is -2.23. The number of anilines is 1. The van der Waals surface area contributed by atoms with Gasteiger partial charge in [-0.2, -0.15) is 0 Å². The van der Waals surface area contributed by atoms with Crippen molar-refractivity contribution >= 4 is 5.69 Å². The van der Waals surface area contributed by atoms with E-state index in [4.69, 9.17) is 2.74 Å². The number of hydrogen-bond acceptors (Lipinski definition) is 1. The molecule has 2 rings (SSSR count). The number of rotatable bonds is 4. The van der Waals surface area contributed by atoms with Gasteiger partial charge < -0.3 is 4.90 Å². The summed E-state index contributed by atoms with van der Waals surface area (Å²) in [6.45, 7) is 1.08. The monoisotopic (exact) mass is 213 g/mol. The molecule has 0 aliphatic carbocycles. The van der Waals surface area contributed by atoms with Crippen LogP contribution in [0.15, 0.2) is 60.7 Å². The zero-order valence-corrected chi connectivity index (χ0v) is 9.43. The Labute approximate surface area is 100 Å². The van der Waals surface area contributed by atoms with Gasteiger partial charge in [0.1, 0.15) is 0 Å². The average molecular weight is 213 g/mol. The Hall–Kier alpha value is -1.76. The lowest BCUT2D eigenvalue weighted by Crippen LogP contribution is -2.21. The quantitative estimate of drug-likeness (QED) is 0.748. The Kier molecular flexibility index (Phi) is 2.81. The van der Waals surface area contributed by atoms with Crippen molar-refractivity contribution in [2.75, 3.05) is 11.4 Å². The van der Waals surface area contributed by atoms with E-state index < -0.39 is 6.50 Å². The molecule has 1 nitrogen and oxygen atoms in total. The van der Waals surface area contributed by atoms with Gasteiger partial charge in [-0.25, -0.2) is 0 Å². The minimum Gasteiger partial charge on any atom is -0.367 e. The predicted molar refractivity (Wildman–Crippen MR) is 69.6 cm³/mol. The van der Waals surface area contributed by atoms with Crippen LogP contribution in [-0.4, -0.2) is 6.54 Å². The number of benzene rings is 2. The van der Waals surface area contributed by atoms with Crippen molar-refractivity contribution in [1.29, 1.82) is 0 Å². The molecule has 2 aromatic carbocycles. The lowest BCUT2D eigenvalue weighted by atomic mass is 10.2. The predicted octanol–water partition coefficient (Wildman–Crippen LogP) is 3.71. The summed E-state index contributed by atoms with van der Waals surface area (Å²) >= 11 is 0. The van der Waals surface area contributed by atoms with E-state index in [1.165, 1.54) is 0 Å². The van der Waals surface area contributed by atoms with Crippen molar-refractivity contribution < 1.29 is 2.74 Å². The summed E-state index contributed by atoms with van der Waals surface area (Å²) in [6, 6.07) is 19.0. The molecule has 1 heteroatoms. The van der Waals surface area contributed by atoms with Crippen molar-refractivity contribution in [1.82, 2.24) is 0 Å². The van der Waals surface area contributed by atoms with Crippen LogP contribution in [0.5, 0.6) is 0 Å². The summed E-state index contributed by atoms with van der Waals surface area (Å²) < 4.78 is 16.7. The van der Waals surface area contributed by atoms with E-state index in [1.807, 2.05) is 67.6 Å². The number of hydrogen-bond donors (Lipinski definition) is 0. The van der Waals surface area contributed by atoms with Crippen LogP contribution >= 0.6 is 0 Å². The van der Waals surface area contributed by atoms with Crippen LogP contribution in [0.4, 0.5) is 5.69 Å². The minimum absolute atomic E-state index is 0.617. The molecule has 0 aliphatic rings. The Morgan fingerprint density at radius 3 is 2.06 bits per heavy atom. The molecule has 2 aromatic rings. The summed E-state index contributed by atoms with van der Waals surface area (Å²) in [5, 5.41) is 0. The topological polar surface area (TPSA) is 3.24 Å². The summed E-state index contributed by atoms with van der Waals surface area (Å²) in [6.07, 6.45) is 0. The van der Waals surface area contributed by atoms with E-state index >= 15 is 0 Å². The van der Waals surface area contributed by atoms with Gasteiger partial charge in [-0.05, 0) is 24.6 Å². The molecule has 0 fully saturated rings. The van der Waals surface area contributed by atoms with Gasteiger partial charge in [0, 0.05) is 18.7 Å². The van der Waals surface area contributed by atoms with Crippen LogP contribution in [0.25, 0.3) is 0 Å². The first-order valence-electron chi connectivity index (χ1n) is 6.54. The fourth-order valence-electron chi connectivity index (χ4n) is 1.60. The summed E-state index contributed by atoms with van der Waals surface area (Å²) in [4.78, 5) is 1.77. The van der Waals surface area contributed by atoms with Crippen LogP contribution in [-0.2, 0) is 6.50 Å². The number of para-hydroxylation sites is 1. The van der Waals surface area contributed by atoms with E-state index in [9.17, 15) is 0 Å². The van der Waals surface area contributed by atoms with Crippen molar-refractivity contribution in [2.45, 2.75) is 13.4 Å². The molecule has 0 unspecified atom stereocenters. The normalized spacial score (nSPS) is 12.8. The van der Waals surface area contributed by atoms with Crippen LogP contribution in [0.3, 0.4) is 0 Å². The molecule has 16 heavy (non-hydrogen) atoms. The van der Waals surface area contributed by atoms with Gasteiger partial charge >= 0.3 is 0 Å². The first-order chi connectivity index (χ1) is 8.66. The maximum Gasteiger partial charge on any atom is 0.0544 e. The molecule has 0 atom stereocenters. The molecule has 0 heterocycles. The largest absolute Gasteiger partial charge is 0.367 e. The molecule has 82 valence electrons. The van der Waals surface area contributed by atoms with Crippen molar-refractivity contribution in [2.24, 2.45) is 0 Å². The molecule has 0 saturated carbocycles. The molecule has 0 aromatic heterocycles. The standard InChI is InChI=1S/C15H17N/c1-2-16(15-11-7-4-8-12-15)13-14-9-5-3-6-10-14/h3-12H,2,13H2,1H3/i13D2. The van der Waals surface area contributed by atoms with E-state index in [2.05, 4.69) is 0 Å². The lowest BCUT2D eigenvalue weighted by molar-refractivity contribution is 0.832. The van der Waals surface area contributed by atoms with Crippen molar-refractivity contribution in [3.63, 3.8) is 0 Å². The third-order valence-electron chi connectivity index (χ3n) is 2.42. The third kappa shape index (κ3) is 2.63. The highest BCUT2D eigenvalue weighted by molar-refractivity contribution is 5.46. The molecule has 0 bridgehead atoms. The van der Waals surface area contributed by atoms with Crippen LogP contribution in [0.2, 0.25) is 0 Å². The first-order valence-corrected chi connectivity index (χ1v) is 5.54. The van der Waals surface area contributed by atoms with Gasteiger partial charge in [0.25, 0.3) is 0 Å². The molecule has 0 saturated heterocycles. The highest BCUT2D eigenvalue weighted by atomic mass is 15.1. The molecule has 0 N–H and O–H groups in total. The van der Waals surface area contributed by atoms with E-state index in [1.54, 1.807) is 4.90 Å². The van der Waals surface area contributed by atoms with Gasteiger partial charge in [-0.15, -0.1) is 0 Å². The Balaban J connectivity index is 2.38. The van der Waals surface area contributed by atoms with Gasteiger partial charge in [-0.3, -0.25) is 0 Å². The fourth-order valence-corrected chi connectivity index (χ4v) is 1.60. The molecule has 0 amide bonds.